The molecule has 1 amide bonds. The molecule has 2 aliphatic heterocycles. The fourth-order valence-electron chi connectivity index (χ4n) is 3.76. The molecule has 0 unspecified atom stereocenters. The number of nitrogens with zero attached hydrogens (tertiary/aromatic N) is 2. The topological polar surface area (TPSA) is 60.4 Å². The van der Waals surface area contributed by atoms with Gasteiger partial charge in [0.2, 0.25) is 6.10 Å². The number of carbonyl (C=O) groups excluding carboxylic acids is 1. The zero-order chi connectivity index (χ0) is 20.1. The van der Waals surface area contributed by atoms with Gasteiger partial charge in [-0.2, -0.15) is 0 Å². The molecular formula is C23H26N2O4. The zero-order valence-electron chi connectivity index (χ0n) is 16.7. The molecule has 6 nitrogen and oxygen atoms in total. The fourth-order valence-corrected chi connectivity index (χ4v) is 3.76. The number of rotatable bonds is 5. The molecule has 0 bridgehead atoms. The Kier molecular flexibility index (Phi) is 5.98. The summed E-state index contributed by atoms with van der Waals surface area (Å²) < 4.78 is 11.3. The van der Waals surface area contributed by atoms with E-state index in [2.05, 4.69) is 17.3 Å². The van der Waals surface area contributed by atoms with E-state index in [1.165, 1.54) is 5.56 Å². The van der Waals surface area contributed by atoms with Gasteiger partial charge in [-0.15, -0.1) is 0 Å². The van der Waals surface area contributed by atoms with Gasteiger partial charge in [0.25, 0.3) is 5.91 Å². The van der Waals surface area contributed by atoms with Gasteiger partial charge in [-0.05, 0) is 30.9 Å². The first kappa shape index (κ1) is 19.3. The highest BCUT2D eigenvalue weighted by Crippen LogP contribution is 2.33. The summed E-state index contributed by atoms with van der Waals surface area (Å²) in [5.74, 6) is 1.40. The summed E-state index contributed by atoms with van der Waals surface area (Å²) in [5, 5.41) is 4.19. The Hall–Kier alpha value is -3.02. The van der Waals surface area contributed by atoms with Gasteiger partial charge in [0, 0.05) is 25.1 Å². The number of aryl methyl sites for hydroxylation is 1. The van der Waals surface area contributed by atoms with Gasteiger partial charge in [0.05, 0.1) is 19.4 Å². The molecule has 2 aromatic carbocycles. The second-order valence-electron chi connectivity index (χ2n) is 7.35. The van der Waals surface area contributed by atoms with Crippen LogP contribution >= 0.6 is 0 Å². The third-order valence-electron chi connectivity index (χ3n) is 5.32. The van der Waals surface area contributed by atoms with Crippen molar-refractivity contribution in [2.24, 2.45) is 5.16 Å². The lowest BCUT2D eigenvalue weighted by atomic mass is 10.0. The number of amides is 1. The molecule has 2 aliphatic rings. The van der Waals surface area contributed by atoms with Crippen molar-refractivity contribution in [2.75, 3.05) is 20.3 Å². The minimum Gasteiger partial charge on any atom is -0.493 e. The molecule has 2 aromatic rings. The van der Waals surface area contributed by atoms with Gasteiger partial charge in [-0.1, -0.05) is 47.6 Å². The van der Waals surface area contributed by atoms with Crippen LogP contribution in [0.15, 0.2) is 53.7 Å². The van der Waals surface area contributed by atoms with Crippen LogP contribution in [0.25, 0.3) is 0 Å². The van der Waals surface area contributed by atoms with Crippen LogP contribution in [0, 0.1) is 0 Å². The Labute approximate surface area is 171 Å². The van der Waals surface area contributed by atoms with Crippen molar-refractivity contribution in [1.29, 1.82) is 0 Å². The highest BCUT2D eigenvalue weighted by atomic mass is 16.6. The second kappa shape index (κ2) is 8.99. The molecular weight excluding hydrogens is 368 g/mol. The summed E-state index contributed by atoms with van der Waals surface area (Å²) in [7, 11) is 1.63. The number of hydrogen-bond donors (Lipinski definition) is 0. The molecule has 0 saturated heterocycles. The van der Waals surface area contributed by atoms with Gasteiger partial charge in [0.1, 0.15) is 0 Å². The Morgan fingerprint density at radius 2 is 2.03 bits per heavy atom. The van der Waals surface area contributed by atoms with E-state index in [9.17, 15) is 4.79 Å². The quantitative estimate of drug-likeness (QED) is 0.778. The van der Waals surface area contributed by atoms with Crippen molar-refractivity contribution >= 4 is 11.6 Å². The average Bonchev–Trinajstić information content (AvgIpc) is 3.22. The predicted molar refractivity (Wildman–Crippen MR) is 110 cm³/mol. The monoisotopic (exact) mass is 394 g/mol. The van der Waals surface area contributed by atoms with Crippen LogP contribution in [0.2, 0.25) is 0 Å². The van der Waals surface area contributed by atoms with Crippen LogP contribution < -0.4 is 9.47 Å². The van der Waals surface area contributed by atoms with Crippen LogP contribution in [0.3, 0.4) is 0 Å². The number of oxime groups is 1. The third-order valence-corrected chi connectivity index (χ3v) is 5.32. The molecule has 0 aliphatic carbocycles. The van der Waals surface area contributed by atoms with Gasteiger partial charge in [0.15, 0.2) is 11.5 Å². The minimum absolute atomic E-state index is 0.0147. The van der Waals surface area contributed by atoms with Gasteiger partial charge < -0.3 is 19.2 Å². The van der Waals surface area contributed by atoms with Crippen molar-refractivity contribution in [3.63, 3.8) is 0 Å². The van der Waals surface area contributed by atoms with Crippen molar-refractivity contribution < 1.29 is 19.1 Å². The Balaban J connectivity index is 1.38. The zero-order valence-corrected chi connectivity index (χ0v) is 16.7. The molecule has 6 heteroatoms. The predicted octanol–water partition coefficient (Wildman–Crippen LogP) is 3.58. The highest BCUT2D eigenvalue weighted by Gasteiger charge is 2.32. The molecule has 2 heterocycles. The summed E-state index contributed by atoms with van der Waals surface area (Å²) >= 11 is 0. The van der Waals surface area contributed by atoms with Crippen molar-refractivity contribution in [3.05, 3.63) is 59.7 Å². The SMILES string of the molecule is COc1cccc2c1OCCCN(C(=O)[C@H]1CC(CCc3ccccc3)=NO1)C2. The minimum atomic E-state index is -0.532. The van der Waals surface area contributed by atoms with E-state index in [0.29, 0.717) is 31.9 Å². The number of hydrogen-bond acceptors (Lipinski definition) is 5. The lowest BCUT2D eigenvalue weighted by Crippen LogP contribution is -2.40. The first-order valence-electron chi connectivity index (χ1n) is 10.1. The van der Waals surface area contributed by atoms with Crippen LogP contribution in [0.1, 0.15) is 30.4 Å². The van der Waals surface area contributed by atoms with E-state index in [4.69, 9.17) is 14.3 Å². The Bertz CT molecular complexity index is 882. The third kappa shape index (κ3) is 4.53. The maximum Gasteiger partial charge on any atom is 0.267 e. The number of ether oxygens (including phenoxy) is 2. The molecule has 0 radical (unpaired) electrons. The average molecular weight is 394 g/mol. The van der Waals surface area contributed by atoms with Gasteiger partial charge >= 0.3 is 0 Å². The van der Waals surface area contributed by atoms with E-state index < -0.39 is 6.10 Å². The smallest absolute Gasteiger partial charge is 0.267 e. The number of carbonyl (C=O) groups is 1. The summed E-state index contributed by atoms with van der Waals surface area (Å²) in [6, 6.07) is 16.1. The summed E-state index contributed by atoms with van der Waals surface area (Å²) in [6.07, 6.45) is 2.50. The first-order valence-corrected chi connectivity index (χ1v) is 10.1. The van der Waals surface area contributed by atoms with Crippen LogP contribution in [-0.2, 0) is 22.6 Å². The second-order valence-corrected chi connectivity index (χ2v) is 7.35. The number of benzene rings is 2. The maximum atomic E-state index is 13.1. The number of fused-ring (bicyclic) bond motifs is 1. The number of methoxy groups -OCH3 is 1. The molecule has 4 rings (SSSR count). The van der Waals surface area contributed by atoms with Crippen molar-refractivity contribution in [2.45, 2.75) is 38.3 Å². The Morgan fingerprint density at radius 1 is 1.17 bits per heavy atom. The van der Waals surface area contributed by atoms with Crippen molar-refractivity contribution in [1.82, 2.24) is 4.90 Å². The molecule has 0 aromatic heterocycles. The first-order chi connectivity index (χ1) is 14.2. The van der Waals surface area contributed by atoms with E-state index in [-0.39, 0.29) is 5.91 Å². The summed E-state index contributed by atoms with van der Waals surface area (Å²) in [4.78, 5) is 20.5. The van der Waals surface area contributed by atoms with E-state index >= 15 is 0 Å². The van der Waals surface area contributed by atoms with E-state index in [0.717, 1.165) is 36.3 Å². The van der Waals surface area contributed by atoms with Crippen LogP contribution in [0.4, 0.5) is 0 Å². The van der Waals surface area contributed by atoms with Gasteiger partial charge in [-0.25, -0.2) is 0 Å². The largest absolute Gasteiger partial charge is 0.493 e. The van der Waals surface area contributed by atoms with Crippen LogP contribution in [-0.4, -0.2) is 42.9 Å². The normalized spacial score (nSPS) is 18.6. The number of para-hydroxylation sites is 1. The summed E-state index contributed by atoms with van der Waals surface area (Å²) in [6.45, 7) is 1.65. The molecule has 0 saturated carbocycles. The van der Waals surface area contributed by atoms with Crippen molar-refractivity contribution in [3.8, 4) is 11.5 Å². The fraction of sp³-hybridized carbons (Fsp3) is 0.391. The lowest BCUT2D eigenvalue weighted by molar-refractivity contribution is -0.143. The molecule has 0 N–H and O–H groups in total. The molecule has 0 fully saturated rings. The molecule has 1 atom stereocenters. The molecule has 29 heavy (non-hydrogen) atoms. The van der Waals surface area contributed by atoms with Gasteiger partial charge in [-0.3, -0.25) is 4.79 Å². The van der Waals surface area contributed by atoms with E-state index in [1.807, 2.05) is 41.3 Å². The van der Waals surface area contributed by atoms with E-state index in [1.54, 1.807) is 7.11 Å². The van der Waals surface area contributed by atoms with Crippen LogP contribution in [0.5, 0.6) is 11.5 Å². The maximum absolute atomic E-state index is 13.1. The summed E-state index contributed by atoms with van der Waals surface area (Å²) in [5.41, 5.74) is 3.16. The Morgan fingerprint density at radius 3 is 2.86 bits per heavy atom. The lowest BCUT2D eigenvalue weighted by Gasteiger charge is -2.28. The molecule has 0 spiro atoms. The standard InChI is InChI=1S/C23H26N2O4/c1-27-20-10-5-9-18-16-25(13-6-14-28-22(18)20)23(26)21-15-19(24-29-21)12-11-17-7-3-2-4-8-17/h2-5,7-10,21H,6,11-16H2,1H3/t21-/m1/s1. The highest BCUT2D eigenvalue weighted by molar-refractivity contribution is 5.93. The molecule has 152 valence electrons.